The van der Waals surface area contributed by atoms with Gasteiger partial charge in [0.1, 0.15) is 10.3 Å². The van der Waals surface area contributed by atoms with Crippen molar-refractivity contribution >= 4 is 33.2 Å². The van der Waals surface area contributed by atoms with E-state index < -0.39 is 0 Å². The van der Waals surface area contributed by atoms with Crippen molar-refractivity contribution < 1.29 is 4.79 Å². The Bertz CT molecular complexity index is 665. The van der Waals surface area contributed by atoms with E-state index in [1.54, 1.807) is 17.8 Å². The molecule has 2 rings (SSSR count). The minimum Gasteiger partial charge on any atom is -0.395 e. The van der Waals surface area contributed by atoms with E-state index in [0.29, 0.717) is 29.3 Å². The Kier molecular flexibility index (Phi) is 4.08. The van der Waals surface area contributed by atoms with Crippen LogP contribution in [0.25, 0.3) is 0 Å². The van der Waals surface area contributed by atoms with Gasteiger partial charge in [-0.25, -0.2) is 4.98 Å². The smallest absolute Gasteiger partial charge is 0.276 e. The third-order valence-electron chi connectivity index (χ3n) is 2.96. The third kappa shape index (κ3) is 2.67. The highest BCUT2D eigenvalue weighted by atomic mass is 79.9. The number of nitrogens with one attached hydrogen (secondary N) is 1. The molecule has 0 bridgehead atoms. The van der Waals surface area contributed by atoms with Crippen LogP contribution in [0, 0.1) is 13.8 Å². The van der Waals surface area contributed by atoms with E-state index in [-0.39, 0.29) is 5.91 Å². The van der Waals surface area contributed by atoms with Crippen molar-refractivity contribution in [2.75, 3.05) is 11.1 Å². The van der Waals surface area contributed by atoms with Gasteiger partial charge < -0.3 is 11.1 Å². The van der Waals surface area contributed by atoms with Crippen LogP contribution in [0.2, 0.25) is 0 Å². The van der Waals surface area contributed by atoms with Crippen molar-refractivity contribution in [2.45, 2.75) is 27.3 Å². The van der Waals surface area contributed by atoms with Crippen molar-refractivity contribution in [2.24, 2.45) is 0 Å². The maximum atomic E-state index is 12.3. The Labute approximate surface area is 125 Å². The number of aryl methyl sites for hydroxylation is 3. The number of aromatic nitrogens is 3. The van der Waals surface area contributed by atoms with Gasteiger partial charge in [0.05, 0.1) is 23.3 Å². The molecule has 0 aromatic carbocycles. The minimum absolute atomic E-state index is 0.284. The fourth-order valence-electron chi connectivity index (χ4n) is 1.88. The van der Waals surface area contributed by atoms with Gasteiger partial charge in [-0.15, -0.1) is 0 Å². The van der Waals surface area contributed by atoms with Gasteiger partial charge in [-0.2, -0.15) is 5.10 Å². The number of halogens is 1. The Hall–Kier alpha value is -1.89. The van der Waals surface area contributed by atoms with Crippen LogP contribution >= 0.6 is 15.9 Å². The molecular formula is C13H16BrN5O. The average Bonchev–Trinajstić information content (AvgIpc) is 2.69. The van der Waals surface area contributed by atoms with Crippen molar-refractivity contribution in [3.63, 3.8) is 0 Å². The molecule has 3 N–H and O–H groups in total. The molecule has 6 nitrogen and oxygen atoms in total. The molecule has 2 aromatic heterocycles. The number of hydrogen-bond acceptors (Lipinski definition) is 4. The number of rotatable bonds is 3. The average molecular weight is 338 g/mol. The van der Waals surface area contributed by atoms with Crippen LogP contribution in [0.3, 0.4) is 0 Å². The molecule has 2 heterocycles. The van der Waals surface area contributed by atoms with E-state index in [1.165, 1.54) is 0 Å². The van der Waals surface area contributed by atoms with Crippen molar-refractivity contribution in [1.29, 1.82) is 0 Å². The fourth-order valence-corrected chi connectivity index (χ4v) is 2.10. The summed E-state index contributed by atoms with van der Waals surface area (Å²) in [5.41, 5.74) is 8.93. The van der Waals surface area contributed by atoms with Crippen molar-refractivity contribution in [3.05, 3.63) is 33.8 Å². The van der Waals surface area contributed by atoms with Gasteiger partial charge >= 0.3 is 0 Å². The Balaban J connectivity index is 2.30. The fraction of sp³-hybridized carbons (Fsp3) is 0.308. The van der Waals surface area contributed by atoms with Crippen LogP contribution < -0.4 is 11.1 Å². The summed E-state index contributed by atoms with van der Waals surface area (Å²) >= 11 is 3.32. The lowest BCUT2D eigenvalue weighted by Crippen LogP contribution is -2.19. The lowest BCUT2D eigenvalue weighted by Gasteiger charge is -2.08. The molecule has 1 amide bonds. The van der Waals surface area contributed by atoms with Crippen LogP contribution in [0.5, 0.6) is 0 Å². The van der Waals surface area contributed by atoms with Gasteiger partial charge in [0.25, 0.3) is 5.91 Å². The second kappa shape index (κ2) is 5.62. The number of hydrogen-bond donors (Lipinski definition) is 2. The van der Waals surface area contributed by atoms with E-state index >= 15 is 0 Å². The monoisotopic (exact) mass is 337 g/mol. The van der Waals surface area contributed by atoms with Gasteiger partial charge in [0.15, 0.2) is 0 Å². The summed E-state index contributed by atoms with van der Waals surface area (Å²) in [4.78, 5) is 16.5. The molecule has 20 heavy (non-hydrogen) atoms. The van der Waals surface area contributed by atoms with Gasteiger partial charge in [-0.1, -0.05) is 0 Å². The first-order chi connectivity index (χ1) is 9.43. The zero-order chi connectivity index (χ0) is 14.9. The Morgan fingerprint density at radius 2 is 2.20 bits per heavy atom. The summed E-state index contributed by atoms with van der Waals surface area (Å²) in [6.07, 6.45) is 1.59. The normalized spacial score (nSPS) is 10.6. The highest BCUT2D eigenvalue weighted by Crippen LogP contribution is 2.20. The largest absolute Gasteiger partial charge is 0.395 e. The zero-order valence-corrected chi connectivity index (χ0v) is 13.2. The topological polar surface area (TPSA) is 85.8 Å². The lowest BCUT2D eigenvalue weighted by atomic mass is 10.2. The number of nitrogens with two attached hydrogens (primary N) is 1. The molecule has 0 fully saturated rings. The van der Waals surface area contributed by atoms with Crippen LogP contribution in [0.4, 0.5) is 11.4 Å². The van der Waals surface area contributed by atoms with Crippen LogP contribution in [-0.4, -0.2) is 20.7 Å². The zero-order valence-electron chi connectivity index (χ0n) is 11.6. The number of nitrogens with zero attached hydrogens (tertiary/aromatic N) is 3. The SMILES string of the molecule is CCn1nc(C)c(N)c1C(=O)Nc1cnc(Br)c(C)c1. The molecule has 0 spiro atoms. The quantitative estimate of drug-likeness (QED) is 0.842. The van der Waals surface area contributed by atoms with E-state index in [2.05, 4.69) is 31.3 Å². The van der Waals surface area contributed by atoms with Crippen LogP contribution in [0.1, 0.15) is 28.7 Å². The van der Waals surface area contributed by atoms with Gasteiger partial charge in [0.2, 0.25) is 0 Å². The molecule has 2 aromatic rings. The summed E-state index contributed by atoms with van der Waals surface area (Å²) in [7, 11) is 0. The standard InChI is InChI=1S/C13H16BrN5O/c1-4-19-11(10(15)8(3)18-19)13(20)17-9-5-7(2)12(14)16-6-9/h5-6H,4,15H2,1-3H3,(H,17,20). The molecule has 0 atom stereocenters. The molecule has 0 saturated carbocycles. The summed E-state index contributed by atoms with van der Waals surface area (Å²) < 4.78 is 2.35. The molecule has 0 radical (unpaired) electrons. The summed E-state index contributed by atoms with van der Waals surface area (Å²) in [6, 6.07) is 1.84. The van der Waals surface area contributed by atoms with Crippen LogP contribution in [0.15, 0.2) is 16.9 Å². The van der Waals surface area contributed by atoms with Gasteiger partial charge in [-0.3, -0.25) is 9.48 Å². The summed E-state index contributed by atoms with van der Waals surface area (Å²) in [5.74, 6) is -0.284. The molecule has 0 aliphatic heterocycles. The second-order valence-corrected chi connectivity index (χ2v) is 5.20. The number of carbonyl (C=O) groups is 1. The van der Waals surface area contributed by atoms with Crippen LogP contribution in [-0.2, 0) is 6.54 Å². The number of amides is 1. The maximum Gasteiger partial charge on any atom is 0.276 e. The van der Waals surface area contributed by atoms with E-state index in [0.717, 1.165) is 10.2 Å². The molecule has 0 aliphatic rings. The predicted octanol–water partition coefficient (Wildman–Crippen LogP) is 2.51. The Morgan fingerprint density at radius 3 is 2.80 bits per heavy atom. The molecule has 106 valence electrons. The molecule has 7 heteroatoms. The van der Waals surface area contributed by atoms with E-state index in [4.69, 9.17) is 5.73 Å². The molecular weight excluding hydrogens is 322 g/mol. The summed E-state index contributed by atoms with van der Waals surface area (Å²) in [5, 5.41) is 7.02. The second-order valence-electron chi connectivity index (χ2n) is 4.45. The van der Waals surface area contributed by atoms with Gasteiger partial charge in [-0.05, 0) is 48.3 Å². The van der Waals surface area contributed by atoms with E-state index in [1.807, 2.05) is 19.9 Å². The minimum atomic E-state index is -0.284. The predicted molar refractivity (Wildman–Crippen MR) is 81.7 cm³/mol. The highest BCUT2D eigenvalue weighted by molar-refractivity contribution is 9.10. The lowest BCUT2D eigenvalue weighted by molar-refractivity contribution is 0.101. The highest BCUT2D eigenvalue weighted by Gasteiger charge is 2.19. The Morgan fingerprint density at radius 1 is 1.50 bits per heavy atom. The first kappa shape index (κ1) is 14.5. The number of nitrogen functional groups attached to an aromatic ring is 1. The number of anilines is 2. The summed E-state index contributed by atoms with van der Waals surface area (Å²) in [6.45, 7) is 6.18. The first-order valence-electron chi connectivity index (χ1n) is 6.20. The third-order valence-corrected chi connectivity index (χ3v) is 3.79. The van der Waals surface area contributed by atoms with Gasteiger partial charge in [0, 0.05) is 6.54 Å². The van der Waals surface area contributed by atoms with E-state index in [9.17, 15) is 4.79 Å². The number of carbonyl (C=O) groups excluding carboxylic acids is 1. The van der Waals surface area contributed by atoms with Crippen molar-refractivity contribution in [1.82, 2.24) is 14.8 Å². The van der Waals surface area contributed by atoms with Crippen molar-refractivity contribution in [3.8, 4) is 0 Å². The number of pyridine rings is 1. The molecule has 0 aliphatic carbocycles. The first-order valence-corrected chi connectivity index (χ1v) is 6.99. The molecule has 0 unspecified atom stereocenters. The maximum absolute atomic E-state index is 12.3. The molecule has 0 saturated heterocycles.